The Hall–Kier alpha value is -1.64. The van der Waals surface area contributed by atoms with E-state index >= 15 is 0 Å². The molecule has 0 aliphatic carbocycles. The molecule has 0 saturated heterocycles. The van der Waals surface area contributed by atoms with Gasteiger partial charge in [0.2, 0.25) is 0 Å². The summed E-state index contributed by atoms with van der Waals surface area (Å²) in [5.41, 5.74) is 17.1. The molecule has 0 aromatic rings. The molecule has 0 heterocycles. The molecule has 22 heavy (non-hydrogen) atoms. The van der Waals surface area contributed by atoms with Crippen LogP contribution in [-0.2, 0) is 33.3 Å². The van der Waals surface area contributed by atoms with Crippen LogP contribution in [-0.4, -0.2) is 48.4 Å². The minimum atomic E-state index is -4.14. The van der Waals surface area contributed by atoms with E-state index in [1.165, 1.54) is 13.8 Å². The SMILES string of the molecule is CCCS(=O)(=O)C(=[N+]=[N-])O[P+](=O)OC(=[N+]=[N-])S(=O)(=O)CCC. The van der Waals surface area contributed by atoms with E-state index in [1.807, 2.05) is 0 Å². The monoisotopic (exact) mass is 373 g/mol. The first-order chi connectivity index (χ1) is 10.1. The molecule has 0 bridgehead atoms. The van der Waals surface area contributed by atoms with Crippen molar-refractivity contribution >= 4 is 38.4 Å². The van der Waals surface area contributed by atoms with Gasteiger partial charge in [0.1, 0.15) is 0 Å². The maximum atomic E-state index is 11.6. The van der Waals surface area contributed by atoms with Crippen molar-refractivity contribution in [1.29, 1.82) is 0 Å². The molecule has 124 valence electrons. The Morgan fingerprint density at radius 3 is 1.45 bits per heavy atom. The quantitative estimate of drug-likeness (QED) is 0.214. The highest BCUT2D eigenvalue weighted by Crippen LogP contribution is 2.26. The van der Waals surface area contributed by atoms with E-state index < -0.39 is 49.9 Å². The van der Waals surface area contributed by atoms with Crippen LogP contribution in [0.2, 0.25) is 0 Å². The number of rotatable bonds is 6. The van der Waals surface area contributed by atoms with Crippen molar-refractivity contribution in [2.45, 2.75) is 26.7 Å². The molecule has 0 aromatic heterocycles. The van der Waals surface area contributed by atoms with E-state index in [1.54, 1.807) is 0 Å². The molecule has 0 aliphatic rings. The first kappa shape index (κ1) is 20.4. The molecule has 0 spiro atoms. The second-order valence-electron chi connectivity index (χ2n) is 3.78. The van der Waals surface area contributed by atoms with Gasteiger partial charge >= 0.3 is 18.7 Å². The summed E-state index contributed by atoms with van der Waals surface area (Å²) in [7, 11) is -11.7. The lowest BCUT2D eigenvalue weighted by Crippen LogP contribution is -2.23. The Bertz CT molecular complexity index is 670. The van der Waals surface area contributed by atoms with E-state index in [2.05, 4.69) is 18.6 Å². The number of hydrogen-bond donors (Lipinski definition) is 0. The van der Waals surface area contributed by atoms with Gasteiger partial charge in [0.25, 0.3) is 19.7 Å². The van der Waals surface area contributed by atoms with Crippen molar-refractivity contribution in [3.8, 4) is 0 Å². The van der Waals surface area contributed by atoms with Crippen LogP contribution in [0.5, 0.6) is 0 Å². The summed E-state index contributed by atoms with van der Waals surface area (Å²) in [5, 5.41) is -2.58. The van der Waals surface area contributed by atoms with Gasteiger partial charge in [0, 0.05) is 4.57 Å². The molecule has 0 saturated carbocycles. The molecule has 0 aromatic carbocycles. The van der Waals surface area contributed by atoms with Crippen LogP contribution in [0.1, 0.15) is 26.7 Å². The minimum absolute atomic E-state index is 0.163. The zero-order chi connectivity index (χ0) is 17.4. The van der Waals surface area contributed by atoms with Crippen LogP contribution in [0, 0.1) is 0 Å². The molecule has 11 nitrogen and oxygen atoms in total. The Kier molecular flexibility index (Phi) is 8.07. The fourth-order valence-corrected chi connectivity index (χ4v) is 4.44. The smallest absolute Gasteiger partial charge is 0.356 e. The summed E-state index contributed by atoms with van der Waals surface area (Å²) in [5.74, 6) is -0.907. The molecule has 0 aliphatic heterocycles. The molecular weight excluding hydrogens is 359 g/mol. The zero-order valence-electron chi connectivity index (χ0n) is 11.7. The minimum Gasteiger partial charge on any atom is -0.356 e. The highest BCUT2D eigenvalue weighted by molar-refractivity contribution is 8.06. The van der Waals surface area contributed by atoms with Gasteiger partial charge in [-0.3, -0.25) is 0 Å². The average molecular weight is 373 g/mol. The van der Waals surface area contributed by atoms with Crippen LogP contribution in [0.25, 0.3) is 11.1 Å². The van der Waals surface area contributed by atoms with E-state index in [9.17, 15) is 21.4 Å². The van der Waals surface area contributed by atoms with Crippen LogP contribution in [0.15, 0.2) is 0 Å². The molecule has 0 unspecified atom stereocenters. The first-order valence-electron chi connectivity index (χ1n) is 5.87. The van der Waals surface area contributed by atoms with Crippen molar-refractivity contribution in [3.05, 3.63) is 11.1 Å². The molecule has 14 heteroatoms. The van der Waals surface area contributed by atoms with E-state index in [-0.39, 0.29) is 12.8 Å². The Labute approximate surface area is 128 Å². The highest BCUT2D eigenvalue weighted by atomic mass is 32.2. The molecule has 0 atom stereocenters. The standard InChI is InChI=1S/C8H14N4O7PS2/c1-3-5-21(14,15)7(11-9)18-20(13)19-8(12-10)22(16,17)6-4-2/h3-6H2,1-2H3/q+1. The second kappa shape index (κ2) is 8.72. The van der Waals surface area contributed by atoms with Gasteiger partial charge < -0.3 is 11.1 Å². The Balaban J connectivity index is 5.18. The van der Waals surface area contributed by atoms with Crippen molar-refractivity contribution in [2.75, 3.05) is 11.5 Å². The third kappa shape index (κ3) is 6.00. The normalized spacial score (nSPS) is 11.8. The lowest BCUT2D eigenvalue weighted by molar-refractivity contribution is -0.0254. The van der Waals surface area contributed by atoms with Crippen LogP contribution >= 0.6 is 8.25 Å². The fraction of sp³-hybridized carbons (Fsp3) is 0.750. The lowest BCUT2D eigenvalue weighted by atomic mass is 10.6. The van der Waals surface area contributed by atoms with E-state index in [0.29, 0.717) is 0 Å². The van der Waals surface area contributed by atoms with Crippen LogP contribution in [0.4, 0.5) is 0 Å². The summed E-state index contributed by atoms with van der Waals surface area (Å²) in [4.78, 5) is 4.68. The molecule has 0 amide bonds. The molecule has 0 fully saturated rings. The molecular formula is C8H14N4O7PS2+. The number of sulfone groups is 2. The summed E-state index contributed by atoms with van der Waals surface area (Å²) >= 11 is 0. The van der Waals surface area contributed by atoms with Gasteiger partial charge in [-0.25, -0.2) is 16.8 Å². The van der Waals surface area contributed by atoms with Crippen LogP contribution < -0.4 is 0 Å². The van der Waals surface area contributed by atoms with Gasteiger partial charge in [-0.05, 0) is 12.8 Å². The fourth-order valence-electron chi connectivity index (χ4n) is 1.13. The largest absolute Gasteiger partial charge is 0.820 e. The second-order valence-corrected chi connectivity index (χ2v) is 8.56. The summed E-state index contributed by atoms with van der Waals surface area (Å²) in [6, 6.07) is 0. The van der Waals surface area contributed by atoms with Crippen LogP contribution in [0.3, 0.4) is 0 Å². The molecule has 0 rings (SSSR count). The average Bonchev–Trinajstić information content (AvgIpc) is 2.41. The van der Waals surface area contributed by atoms with Crippen molar-refractivity contribution < 1.29 is 40.0 Å². The van der Waals surface area contributed by atoms with Crippen molar-refractivity contribution in [3.63, 3.8) is 0 Å². The van der Waals surface area contributed by atoms with Gasteiger partial charge in [-0.1, -0.05) is 13.8 Å². The van der Waals surface area contributed by atoms with Gasteiger partial charge in [-0.15, -0.1) is 18.6 Å². The maximum Gasteiger partial charge on any atom is 0.820 e. The number of nitrogens with zero attached hydrogens (tertiary/aromatic N) is 4. The molecule has 0 N–H and O–H groups in total. The predicted molar refractivity (Wildman–Crippen MR) is 75.2 cm³/mol. The van der Waals surface area contributed by atoms with Gasteiger partial charge in [0.05, 0.1) is 11.5 Å². The van der Waals surface area contributed by atoms with Crippen molar-refractivity contribution in [1.82, 2.24) is 0 Å². The summed E-state index contributed by atoms with van der Waals surface area (Å²) in [6.45, 7) is 3.05. The Morgan fingerprint density at radius 1 is 0.909 bits per heavy atom. The zero-order valence-corrected chi connectivity index (χ0v) is 14.3. The highest BCUT2D eigenvalue weighted by Gasteiger charge is 2.47. The van der Waals surface area contributed by atoms with Gasteiger partial charge in [-0.2, -0.15) is 0 Å². The molecule has 0 radical (unpaired) electrons. The van der Waals surface area contributed by atoms with E-state index in [0.717, 1.165) is 0 Å². The summed E-state index contributed by atoms with van der Waals surface area (Å²) in [6.07, 6.45) is 0.327. The summed E-state index contributed by atoms with van der Waals surface area (Å²) < 4.78 is 66.2. The van der Waals surface area contributed by atoms with Gasteiger partial charge in [0.15, 0.2) is 0 Å². The number of hydrogen-bond acceptors (Lipinski definition) is 7. The topological polar surface area (TPSA) is 177 Å². The third-order valence-corrected chi connectivity index (χ3v) is 6.12. The maximum absolute atomic E-state index is 11.6. The third-order valence-electron chi connectivity index (χ3n) is 1.95. The predicted octanol–water partition coefficient (Wildman–Crippen LogP) is 0.498. The first-order valence-corrected chi connectivity index (χ1v) is 10.3. The lowest BCUT2D eigenvalue weighted by Gasteiger charge is -1.92. The van der Waals surface area contributed by atoms with Crippen molar-refractivity contribution in [2.24, 2.45) is 0 Å². The Morgan fingerprint density at radius 2 is 1.23 bits per heavy atom. The van der Waals surface area contributed by atoms with E-state index in [4.69, 9.17) is 11.1 Å².